The summed E-state index contributed by atoms with van der Waals surface area (Å²) in [7, 11) is 0. The lowest BCUT2D eigenvalue weighted by atomic mass is 10.1. The van der Waals surface area contributed by atoms with E-state index in [1.54, 1.807) is 6.92 Å². The van der Waals surface area contributed by atoms with Gasteiger partial charge in [0, 0.05) is 16.5 Å². The largest absolute Gasteiger partial charge is 0.465 e. The summed E-state index contributed by atoms with van der Waals surface area (Å²) in [5.41, 5.74) is 0.940. The zero-order chi connectivity index (χ0) is 15.0. The van der Waals surface area contributed by atoms with Gasteiger partial charge in [-0.05, 0) is 31.9 Å². The number of hydrogen-bond acceptors (Lipinski definition) is 4. The lowest BCUT2D eigenvalue weighted by molar-refractivity contribution is -0.145. The van der Waals surface area contributed by atoms with Crippen LogP contribution in [-0.4, -0.2) is 17.6 Å². The number of hydrogen-bond donors (Lipinski definition) is 0. The second-order valence-corrected chi connectivity index (χ2v) is 5.88. The third-order valence-electron chi connectivity index (χ3n) is 3.45. The summed E-state index contributed by atoms with van der Waals surface area (Å²) in [6.45, 7) is 2.09. The summed E-state index contributed by atoms with van der Waals surface area (Å²) in [5.74, 6) is -1.92. The number of rotatable bonds is 3. The molecule has 0 N–H and O–H groups in total. The van der Waals surface area contributed by atoms with Crippen LogP contribution in [0, 0.1) is 11.6 Å². The zero-order valence-corrected chi connectivity index (χ0v) is 12.2. The van der Waals surface area contributed by atoms with E-state index in [0.29, 0.717) is 23.7 Å². The van der Waals surface area contributed by atoms with Crippen molar-refractivity contribution in [2.24, 2.45) is 0 Å². The minimum atomic E-state index is -0.643. The van der Waals surface area contributed by atoms with Gasteiger partial charge in [-0.25, -0.2) is 13.8 Å². The van der Waals surface area contributed by atoms with Crippen LogP contribution >= 0.6 is 11.3 Å². The molecule has 1 atom stereocenters. The number of nitrogens with zero attached hydrogens (tertiary/aromatic N) is 1. The number of fused-ring (bicyclic) bond motifs is 1. The molecule has 110 valence electrons. The highest BCUT2D eigenvalue weighted by Crippen LogP contribution is 2.40. The van der Waals surface area contributed by atoms with Gasteiger partial charge in [-0.3, -0.25) is 4.79 Å². The molecule has 0 fully saturated rings. The normalized spacial score (nSPS) is 16.8. The molecule has 21 heavy (non-hydrogen) atoms. The minimum Gasteiger partial charge on any atom is -0.465 e. The molecule has 2 aromatic rings. The molecule has 1 heterocycles. The Labute approximate surface area is 124 Å². The molecule has 0 radical (unpaired) electrons. The van der Waals surface area contributed by atoms with Gasteiger partial charge >= 0.3 is 5.97 Å². The average Bonchev–Trinajstić information content (AvgIpc) is 2.98. The van der Waals surface area contributed by atoms with Gasteiger partial charge in [0.1, 0.15) is 22.6 Å². The van der Waals surface area contributed by atoms with Crippen LogP contribution in [0.3, 0.4) is 0 Å². The molecule has 6 heteroatoms. The second kappa shape index (κ2) is 5.52. The standard InChI is InChI=1S/C15H13F2NO2S/c1-2-20-15(19)10-5-6-12-13(10)18-14(21-12)9-4-3-8(16)7-11(9)17/h3-4,7,10H,2,5-6H2,1H3. The third kappa shape index (κ3) is 2.55. The van der Waals surface area contributed by atoms with Gasteiger partial charge in [0.2, 0.25) is 0 Å². The zero-order valence-electron chi connectivity index (χ0n) is 11.4. The smallest absolute Gasteiger partial charge is 0.315 e. The van der Waals surface area contributed by atoms with E-state index in [1.807, 2.05) is 0 Å². The highest BCUT2D eigenvalue weighted by atomic mass is 32.1. The predicted octanol–water partition coefficient (Wildman–Crippen LogP) is 3.68. The monoisotopic (exact) mass is 309 g/mol. The molecule has 1 aliphatic rings. The highest BCUT2D eigenvalue weighted by molar-refractivity contribution is 7.15. The fourth-order valence-corrected chi connectivity index (χ4v) is 3.64. The molecule has 1 aliphatic carbocycles. The molecule has 3 rings (SSSR count). The highest BCUT2D eigenvalue weighted by Gasteiger charge is 2.34. The van der Waals surface area contributed by atoms with Crippen LogP contribution in [0.4, 0.5) is 8.78 Å². The van der Waals surface area contributed by atoms with Crippen LogP contribution < -0.4 is 0 Å². The van der Waals surface area contributed by atoms with Gasteiger partial charge in [-0.1, -0.05) is 0 Å². The Morgan fingerprint density at radius 1 is 1.48 bits per heavy atom. The number of aryl methyl sites for hydroxylation is 1. The van der Waals surface area contributed by atoms with E-state index in [2.05, 4.69) is 4.98 Å². The molecule has 0 saturated carbocycles. The first kappa shape index (κ1) is 14.1. The lowest BCUT2D eigenvalue weighted by Crippen LogP contribution is -2.14. The molecule has 0 spiro atoms. The van der Waals surface area contributed by atoms with Gasteiger partial charge in [-0.2, -0.15) is 0 Å². The topological polar surface area (TPSA) is 39.2 Å². The number of ether oxygens (including phenoxy) is 1. The third-order valence-corrected chi connectivity index (χ3v) is 4.61. The number of halogens is 2. The molecular weight excluding hydrogens is 296 g/mol. The van der Waals surface area contributed by atoms with E-state index in [-0.39, 0.29) is 17.5 Å². The fourth-order valence-electron chi connectivity index (χ4n) is 2.48. The minimum absolute atomic E-state index is 0.262. The van der Waals surface area contributed by atoms with Crippen molar-refractivity contribution in [2.75, 3.05) is 6.61 Å². The van der Waals surface area contributed by atoms with E-state index in [4.69, 9.17) is 4.74 Å². The van der Waals surface area contributed by atoms with E-state index in [1.165, 1.54) is 23.5 Å². The van der Waals surface area contributed by atoms with Gasteiger partial charge in [-0.15, -0.1) is 11.3 Å². The number of benzene rings is 1. The maximum atomic E-state index is 13.8. The van der Waals surface area contributed by atoms with Crippen LogP contribution in [0.25, 0.3) is 10.6 Å². The summed E-state index contributed by atoms with van der Waals surface area (Å²) >= 11 is 1.35. The van der Waals surface area contributed by atoms with E-state index < -0.39 is 11.6 Å². The van der Waals surface area contributed by atoms with Crippen molar-refractivity contribution in [3.05, 3.63) is 40.4 Å². The first-order chi connectivity index (χ1) is 10.1. The van der Waals surface area contributed by atoms with Crippen molar-refractivity contribution in [3.8, 4) is 10.6 Å². The number of thiazole rings is 1. The van der Waals surface area contributed by atoms with Crippen molar-refractivity contribution in [1.29, 1.82) is 0 Å². The summed E-state index contributed by atoms with van der Waals surface area (Å²) in [4.78, 5) is 17.3. The molecule has 1 aromatic heterocycles. The van der Waals surface area contributed by atoms with Crippen LogP contribution in [0.1, 0.15) is 29.8 Å². The SMILES string of the molecule is CCOC(=O)C1CCc2sc(-c3ccc(F)cc3F)nc21. The summed E-state index contributed by atoms with van der Waals surface area (Å²) in [6, 6.07) is 3.41. The van der Waals surface area contributed by atoms with Gasteiger partial charge in [0.25, 0.3) is 0 Å². The maximum Gasteiger partial charge on any atom is 0.315 e. The second-order valence-electron chi connectivity index (χ2n) is 4.79. The molecule has 0 amide bonds. The first-order valence-corrected chi connectivity index (χ1v) is 7.53. The maximum absolute atomic E-state index is 13.8. The van der Waals surface area contributed by atoms with Crippen molar-refractivity contribution in [3.63, 3.8) is 0 Å². The number of carbonyl (C=O) groups excluding carboxylic acids is 1. The summed E-state index contributed by atoms with van der Waals surface area (Å²) < 4.78 is 31.8. The van der Waals surface area contributed by atoms with Crippen LogP contribution in [0.15, 0.2) is 18.2 Å². The summed E-state index contributed by atoms with van der Waals surface area (Å²) in [6.07, 6.45) is 1.42. The van der Waals surface area contributed by atoms with Crippen LogP contribution in [0.2, 0.25) is 0 Å². The Balaban J connectivity index is 1.95. The number of esters is 1. The summed E-state index contributed by atoms with van der Waals surface area (Å²) in [5, 5.41) is 0.478. The Morgan fingerprint density at radius 3 is 3.00 bits per heavy atom. The van der Waals surface area contributed by atoms with Gasteiger partial charge in [0.05, 0.1) is 12.3 Å². The lowest BCUT2D eigenvalue weighted by Gasteiger charge is -2.07. The van der Waals surface area contributed by atoms with Gasteiger partial charge in [0.15, 0.2) is 0 Å². The first-order valence-electron chi connectivity index (χ1n) is 6.71. The van der Waals surface area contributed by atoms with E-state index in [0.717, 1.165) is 17.4 Å². The molecule has 0 bridgehead atoms. The molecule has 1 unspecified atom stereocenters. The van der Waals surface area contributed by atoms with E-state index in [9.17, 15) is 13.6 Å². The average molecular weight is 309 g/mol. The molecule has 1 aromatic carbocycles. The molecular formula is C15H13F2NO2S. The Bertz CT molecular complexity index is 699. The van der Waals surface area contributed by atoms with Crippen molar-refractivity contribution in [1.82, 2.24) is 4.98 Å². The van der Waals surface area contributed by atoms with Crippen molar-refractivity contribution < 1.29 is 18.3 Å². The fraction of sp³-hybridized carbons (Fsp3) is 0.333. The molecule has 0 saturated heterocycles. The van der Waals surface area contributed by atoms with Crippen molar-refractivity contribution in [2.45, 2.75) is 25.7 Å². The predicted molar refractivity (Wildman–Crippen MR) is 75.2 cm³/mol. The molecule has 3 nitrogen and oxygen atoms in total. The molecule has 0 aliphatic heterocycles. The van der Waals surface area contributed by atoms with Crippen LogP contribution in [0.5, 0.6) is 0 Å². The van der Waals surface area contributed by atoms with Gasteiger partial charge < -0.3 is 4.74 Å². The van der Waals surface area contributed by atoms with E-state index >= 15 is 0 Å². The van der Waals surface area contributed by atoms with Crippen LogP contribution in [-0.2, 0) is 16.0 Å². The number of carbonyl (C=O) groups is 1. The quantitative estimate of drug-likeness (QED) is 0.812. The Hall–Kier alpha value is -1.82. The number of aromatic nitrogens is 1. The Morgan fingerprint density at radius 2 is 2.29 bits per heavy atom. The Kier molecular flexibility index (Phi) is 3.71. The van der Waals surface area contributed by atoms with Crippen molar-refractivity contribution >= 4 is 17.3 Å².